The Labute approximate surface area is 41.8 Å². The lowest BCUT2D eigenvalue weighted by atomic mass is 10.3. The third-order valence-electron chi connectivity index (χ3n) is 0.403. The molecular formula is C5H4O2. The highest BCUT2D eigenvalue weighted by atomic mass is 16.5. The summed E-state index contributed by atoms with van der Waals surface area (Å²) in [7, 11) is 0. The molecule has 0 saturated carbocycles. The van der Waals surface area contributed by atoms with Gasteiger partial charge in [0.2, 0.25) is 0 Å². The lowest BCUT2D eigenvalue weighted by Crippen LogP contribution is -2.21. The molecule has 0 aromatic heterocycles. The summed E-state index contributed by atoms with van der Waals surface area (Å²) in [6.45, 7) is 0. The second kappa shape index (κ2) is 1.66. The molecule has 0 aromatic rings. The van der Waals surface area contributed by atoms with E-state index in [2.05, 4.69) is 12.8 Å². The van der Waals surface area contributed by atoms with Gasteiger partial charge in [-0.25, -0.2) is 0 Å². The van der Waals surface area contributed by atoms with Crippen LogP contribution in [-0.4, -0.2) is 16.0 Å². The molecule has 0 unspecified atom stereocenters. The molecule has 0 atom stereocenters. The molecule has 2 heteroatoms. The first kappa shape index (κ1) is 6.04. The standard InChI is InChI=1S/C5H4O2/c1-3-5(6,7)4-2/h1-2,6-7H. The van der Waals surface area contributed by atoms with E-state index in [0.29, 0.717) is 0 Å². The van der Waals surface area contributed by atoms with Crippen LogP contribution in [0.2, 0.25) is 0 Å². The Morgan fingerprint density at radius 2 is 1.43 bits per heavy atom. The average molecular weight is 96.1 g/mol. The molecule has 2 nitrogen and oxygen atoms in total. The minimum atomic E-state index is -2.36. The van der Waals surface area contributed by atoms with E-state index in [1.54, 1.807) is 11.8 Å². The Hall–Kier alpha value is -0.960. The minimum absolute atomic E-state index is 1.57. The zero-order valence-electron chi connectivity index (χ0n) is 3.55. The first-order chi connectivity index (χ1) is 3.12. The van der Waals surface area contributed by atoms with E-state index in [9.17, 15) is 0 Å². The zero-order valence-corrected chi connectivity index (χ0v) is 3.55. The van der Waals surface area contributed by atoms with Gasteiger partial charge in [-0.2, -0.15) is 0 Å². The normalized spacial score (nSPS) is 9.14. The molecule has 0 amide bonds. The van der Waals surface area contributed by atoms with Crippen molar-refractivity contribution in [2.45, 2.75) is 5.79 Å². The number of hydrogen-bond donors (Lipinski definition) is 2. The van der Waals surface area contributed by atoms with Gasteiger partial charge in [0.25, 0.3) is 5.79 Å². The Morgan fingerprint density at radius 1 is 1.14 bits per heavy atom. The van der Waals surface area contributed by atoms with Gasteiger partial charge >= 0.3 is 0 Å². The quantitative estimate of drug-likeness (QED) is 0.298. The predicted octanol–water partition coefficient (Wildman–Crippen LogP) is -1.07. The smallest absolute Gasteiger partial charge is 0.295 e. The molecule has 0 aliphatic heterocycles. The van der Waals surface area contributed by atoms with Gasteiger partial charge < -0.3 is 10.2 Å². The van der Waals surface area contributed by atoms with Gasteiger partial charge in [0.15, 0.2) is 0 Å². The molecule has 0 aliphatic rings. The molecule has 0 heterocycles. The summed E-state index contributed by atoms with van der Waals surface area (Å²) in [5.41, 5.74) is 0. The molecule has 0 rings (SSSR count). The highest BCUT2D eigenvalue weighted by molar-refractivity contribution is 5.17. The first-order valence-electron chi connectivity index (χ1n) is 1.52. The van der Waals surface area contributed by atoms with Crippen molar-refractivity contribution in [1.29, 1.82) is 0 Å². The van der Waals surface area contributed by atoms with E-state index in [1.165, 1.54) is 0 Å². The second-order valence-electron chi connectivity index (χ2n) is 0.961. The maximum absolute atomic E-state index is 8.22. The van der Waals surface area contributed by atoms with Gasteiger partial charge in [-0.3, -0.25) is 0 Å². The van der Waals surface area contributed by atoms with Crippen molar-refractivity contribution in [1.82, 2.24) is 0 Å². The summed E-state index contributed by atoms with van der Waals surface area (Å²) in [6.07, 6.45) is 9.05. The molecule has 2 N–H and O–H groups in total. The van der Waals surface area contributed by atoms with Crippen LogP contribution < -0.4 is 0 Å². The van der Waals surface area contributed by atoms with Crippen LogP contribution in [0.4, 0.5) is 0 Å². The SMILES string of the molecule is C#CC(O)(O)C#C. The number of hydrogen-bond acceptors (Lipinski definition) is 2. The molecule has 36 valence electrons. The van der Waals surface area contributed by atoms with E-state index < -0.39 is 5.79 Å². The van der Waals surface area contributed by atoms with Crippen LogP contribution in [0.5, 0.6) is 0 Å². The Balaban J connectivity index is 4.00. The Kier molecular flexibility index (Phi) is 1.43. The number of aliphatic hydroxyl groups is 2. The summed E-state index contributed by atoms with van der Waals surface area (Å²) in [6, 6.07) is 0. The van der Waals surface area contributed by atoms with Crippen molar-refractivity contribution in [3.05, 3.63) is 0 Å². The van der Waals surface area contributed by atoms with Crippen LogP contribution in [0.3, 0.4) is 0 Å². The summed E-state index contributed by atoms with van der Waals surface area (Å²) >= 11 is 0. The highest BCUT2D eigenvalue weighted by Gasteiger charge is 2.11. The molecule has 0 aliphatic carbocycles. The van der Waals surface area contributed by atoms with Gasteiger partial charge in [-0.1, -0.05) is 0 Å². The third kappa shape index (κ3) is 1.83. The first-order valence-corrected chi connectivity index (χ1v) is 1.52. The molecule has 0 spiro atoms. The predicted molar refractivity (Wildman–Crippen MR) is 24.8 cm³/mol. The van der Waals surface area contributed by atoms with Crippen molar-refractivity contribution < 1.29 is 10.2 Å². The molecule has 0 saturated heterocycles. The Bertz CT molecular complexity index is 117. The van der Waals surface area contributed by atoms with Gasteiger partial charge in [-0.05, 0) is 11.8 Å². The fourth-order valence-corrected chi connectivity index (χ4v) is 0.0417. The zero-order chi connectivity index (χ0) is 5.91. The van der Waals surface area contributed by atoms with Crippen molar-refractivity contribution in [2.24, 2.45) is 0 Å². The van der Waals surface area contributed by atoms with Crippen LogP contribution in [0.1, 0.15) is 0 Å². The van der Waals surface area contributed by atoms with E-state index in [1.807, 2.05) is 0 Å². The fraction of sp³-hybridized carbons (Fsp3) is 0.200. The van der Waals surface area contributed by atoms with Crippen molar-refractivity contribution in [2.75, 3.05) is 0 Å². The van der Waals surface area contributed by atoms with Crippen LogP contribution in [0.25, 0.3) is 0 Å². The summed E-state index contributed by atoms with van der Waals surface area (Å²) in [4.78, 5) is 0. The topological polar surface area (TPSA) is 40.5 Å². The molecule has 0 aromatic carbocycles. The van der Waals surface area contributed by atoms with Crippen LogP contribution >= 0.6 is 0 Å². The second-order valence-corrected chi connectivity index (χ2v) is 0.961. The van der Waals surface area contributed by atoms with E-state index in [-0.39, 0.29) is 0 Å². The largest absolute Gasteiger partial charge is 0.346 e. The summed E-state index contributed by atoms with van der Waals surface area (Å²) in [5.74, 6) is 0.771. The van der Waals surface area contributed by atoms with Gasteiger partial charge in [0, 0.05) is 0 Å². The summed E-state index contributed by atoms with van der Waals surface area (Å²) < 4.78 is 0. The van der Waals surface area contributed by atoms with Crippen LogP contribution in [0, 0.1) is 24.7 Å². The minimum Gasteiger partial charge on any atom is -0.346 e. The van der Waals surface area contributed by atoms with Crippen molar-refractivity contribution >= 4 is 0 Å². The lowest BCUT2D eigenvalue weighted by molar-refractivity contribution is -0.0559. The van der Waals surface area contributed by atoms with E-state index >= 15 is 0 Å². The van der Waals surface area contributed by atoms with E-state index in [0.717, 1.165) is 0 Å². The molecule has 0 radical (unpaired) electrons. The monoisotopic (exact) mass is 96.0 g/mol. The maximum atomic E-state index is 8.22. The highest BCUT2D eigenvalue weighted by Crippen LogP contribution is 1.89. The van der Waals surface area contributed by atoms with E-state index in [4.69, 9.17) is 10.2 Å². The van der Waals surface area contributed by atoms with Crippen LogP contribution in [0.15, 0.2) is 0 Å². The Morgan fingerprint density at radius 3 is 1.43 bits per heavy atom. The molecule has 7 heavy (non-hydrogen) atoms. The van der Waals surface area contributed by atoms with Gasteiger partial charge in [0.05, 0.1) is 0 Å². The molecule has 0 fully saturated rings. The van der Waals surface area contributed by atoms with Gasteiger partial charge in [-0.15, -0.1) is 12.8 Å². The fourth-order valence-electron chi connectivity index (χ4n) is 0.0417. The summed E-state index contributed by atoms with van der Waals surface area (Å²) in [5, 5.41) is 16.4. The van der Waals surface area contributed by atoms with Crippen LogP contribution in [-0.2, 0) is 0 Å². The average Bonchev–Trinajstić information content (AvgIpc) is 1.68. The third-order valence-corrected chi connectivity index (χ3v) is 0.403. The maximum Gasteiger partial charge on any atom is 0.295 e. The molecule has 0 bridgehead atoms. The molecular weight excluding hydrogens is 92.1 g/mol. The van der Waals surface area contributed by atoms with Crippen molar-refractivity contribution in [3.63, 3.8) is 0 Å². The van der Waals surface area contributed by atoms with Gasteiger partial charge in [0.1, 0.15) is 0 Å². The van der Waals surface area contributed by atoms with Crippen molar-refractivity contribution in [3.8, 4) is 24.7 Å². The number of rotatable bonds is 0. The number of terminal acetylenes is 2. The lowest BCUT2D eigenvalue weighted by Gasteiger charge is -2.01.